The molecule has 1 aromatic carbocycles. The Kier molecular flexibility index (Phi) is 3.64. The maximum atomic E-state index is 8.37. The van der Waals surface area contributed by atoms with Crippen molar-refractivity contribution in [2.75, 3.05) is 0 Å². The highest BCUT2D eigenvalue weighted by atomic mass is 79.9. The molecular formula is C9H8BrNS. The first kappa shape index (κ1) is 9.63. The number of aryl methyl sites for hydroxylation is 1. The van der Waals surface area contributed by atoms with Gasteiger partial charge in [-0.25, -0.2) is 0 Å². The van der Waals surface area contributed by atoms with Gasteiger partial charge in [-0.05, 0) is 41.9 Å². The van der Waals surface area contributed by atoms with E-state index >= 15 is 0 Å². The molecule has 0 aromatic heterocycles. The van der Waals surface area contributed by atoms with Gasteiger partial charge in [-0.1, -0.05) is 22.0 Å². The summed E-state index contributed by atoms with van der Waals surface area (Å²) >= 11 is 4.68. The molecule has 12 heavy (non-hydrogen) atoms. The van der Waals surface area contributed by atoms with Crippen LogP contribution in [0.1, 0.15) is 11.1 Å². The van der Waals surface area contributed by atoms with Gasteiger partial charge >= 0.3 is 0 Å². The number of benzene rings is 1. The molecule has 0 bridgehead atoms. The van der Waals surface area contributed by atoms with E-state index in [4.69, 9.17) is 5.26 Å². The smallest absolute Gasteiger partial charge is 0.133 e. The van der Waals surface area contributed by atoms with Gasteiger partial charge in [0.2, 0.25) is 0 Å². The summed E-state index contributed by atoms with van der Waals surface area (Å²) < 4.78 is 1.08. The molecule has 0 heterocycles. The Morgan fingerprint density at radius 2 is 2.25 bits per heavy atom. The van der Waals surface area contributed by atoms with E-state index in [1.807, 2.05) is 13.0 Å². The average Bonchev–Trinajstić information content (AvgIpc) is 1.99. The zero-order chi connectivity index (χ0) is 8.97. The molecule has 0 aliphatic heterocycles. The van der Waals surface area contributed by atoms with E-state index in [9.17, 15) is 0 Å². The standard InChI is InChI=1S/C9H8BrNS/c1-7-2-8(5-12-6-11)4-9(10)3-7/h2-4H,5H2,1H3. The minimum absolute atomic E-state index is 0.761. The molecule has 62 valence electrons. The van der Waals surface area contributed by atoms with Crippen molar-refractivity contribution in [1.29, 1.82) is 5.26 Å². The molecule has 1 rings (SSSR count). The van der Waals surface area contributed by atoms with E-state index in [0.29, 0.717) is 0 Å². The van der Waals surface area contributed by atoms with Crippen LogP contribution in [0.3, 0.4) is 0 Å². The number of rotatable bonds is 2. The predicted molar refractivity (Wildman–Crippen MR) is 55.8 cm³/mol. The van der Waals surface area contributed by atoms with E-state index in [2.05, 4.69) is 33.5 Å². The highest BCUT2D eigenvalue weighted by Crippen LogP contribution is 2.18. The fourth-order valence-corrected chi connectivity index (χ4v) is 2.06. The summed E-state index contributed by atoms with van der Waals surface area (Å²) in [6.07, 6.45) is 0. The lowest BCUT2D eigenvalue weighted by Crippen LogP contribution is -1.81. The summed E-state index contributed by atoms with van der Waals surface area (Å²) in [6.45, 7) is 2.05. The largest absolute Gasteiger partial charge is 0.185 e. The van der Waals surface area contributed by atoms with Gasteiger partial charge in [0.05, 0.1) is 0 Å². The summed E-state index contributed by atoms with van der Waals surface area (Å²) in [5.74, 6) is 0.761. The molecule has 0 N–H and O–H groups in total. The van der Waals surface area contributed by atoms with Crippen LogP contribution < -0.4 is 0 Å². The first-order valence-corrected chi connectivity index (χ1v) is 5.27. The molecule has 0 aliphatic rings. The SMILES string of the molecule is Cc1cc(Br)cc(CSC#N)c1. The first-order valence-electron chi connectivity index (χ1n) is 3.49. The number of nitrogens with zero attached hydrogens (tertiary/aromatic N) is 1. The molecular weight excluding hydrogens is 234 g/mol. The average molecular weight is 242 g/mol. The first-order chi connectivity index (χ1) is 5.72. The Morgan fingerprint density at radius 3 is 2.83 bits per heavy atom. The Hall–Kier alpha value is -0.460. The predicted octanol–water partition coefficient (Wildman–Crippen LogP) is 3.47. The van der Waals surface area contributed by atoms with Crippen LogP contribution >= 0.6 is 27.7 Å². The summed E-state index contributed by atoms with van der Waals surface area (Å²) in [7, 11) is 0. The number of hydrogen-bond donors (Lipinski definition) is 0. The van der Waals surface area contributed by atoms with Crippen LogP contribution in [0.25, 0.3) is 0 Å². The van der Waals surface area contributed by atoms with Crippen molar-refractivity contribution in [3.63, 3.8) is 0 Å². The Morgan fingerprint density at radius 1 is 1.50 bits per heavy atom. The summed E-state index contributed by atoms with van der Waals surface area (Å²) in [5.41, 5.74) is 2.41. The summed E-state index contributed by atoms with van der Waals surface area (Å²) in [4.78, 5) is 0. The van der Waals surface area contributed by atoms with E-state index in [1.165, 1.54) is 22.9 Å². The molecule has 0 amide bonds. The Balaban J connectivity index is 2.80. The Labute approximate surface area is 84.9 Å². The lowest BCUT2D eigenvalue weighted by atomic mass is 10.2. The van der Waals surface area contributed by atoms with Gasteiger partial charge < -0.3 is 0 Å². The fraction of sp³-hybridized carbons (Fsp3) is 0.222. The second kappa shape index (κ2) is 4.54. The van der Waals surface area contributed by atoms with Crippen molar-refractivity contribution in [2.45, 2.75) is 12.7 Å². The van der Waals surface area contributed by atoms with Crippen LogP contribution in [0.4, 0.5) is 0 Å². The van der Waals surface area contributed by atoms with Crippen LogP contribution in [0, 0.1) is 17.6 Å². The van der Waals surface area contributed by atoms with Gasteiger partial charge in [-0.15, -0.1) is 0 Å². The summed E-state index contributed by atoms with van der Waals surface area (Å²) in [6, 6.07) is 6.19. The van der Waals surface area contributed by atoms with Crippen molar-refractivity contribution in [3.05, 3.63) is 33.8 Å². The van der Waals surface area contributed by atoms with Gasteiger partial charge in [0, 0.05) is 10.2 Å². The van der Waals surface area contributed by atoms with Crippen LogP contribution in [0.5, 0.6) is 0 Å². The minimum atomic E-state index is 0.761. The van der Waals surface area contributed by atoms with Crippen LogP contribution in [0.15, 0.2) is 22.7 Å². The Bertz CT molecular complexity index is 297. The third-order valence-electron chi connectivity index (χ3n) is 1.41. The highest BCUT2D eigenvalue weighted by molar-refractivity contribution is 9.10. The monoisotopic (exact) mass is 241 g/mol. The van der Waals surface area contributed by atoms with Crippen molar-refractivity contribution in [2.24, 2.45) is 0 Å². The topological polar surface area (TPSA) is 23.8 Å². The number of thioether (sulfide) groups is 1. The zero-order valence-electron chi connectivity index (χ0n) is 6.67. The van der Waals surface area contributed by atoms with Gasteiger partial charge in [0.15, 0.2) is 0 Å². The number of hydrogen-bond acceptors (Lipinski definition) is 2. The van der Waals surface area contributed by atoms with Gasteiger partial charge in [-0.3, -0.25) is 0 Å². The fourth-order valence-electron chi connectivity index (χ4n) is 1.01. The second-order valence-corrected chi connectivity index (χ2v) is 4.19. The maximum absolute atomic E-state index is 8.37. The van der Waals surface area contributed by atoms with E-state index in [1.54, 1.807) is 0 Å². The maximum Gasteiger partial charge on any atom is 0.133 e. The van der Waals surface area contributed by atoms with E-state index in [-0.39, 0.29) is 0 Å². The molecule has 1 nitrogen and oxygen atoms in total. The molecule has 0 saturated heterocycles. The lowest BCUT2D eigenvalue weighted by molar-refractivity contribution is 1.34. The molecule has 0 spiro atoms. The van der Waals surface area contributed by atoms with Gasteiger partial charge in [0.25, 0.3) is 0 Å². The van der Waals surface area contributed by atoms with Crippen LogP contribution in [-0.2, 0) is 5.75 Å². The van der Waals surface area contributed by atoms with Gasteiger partial charge in [-0.2, -0.15) is 5.26 Å². The van der Waals surface area contributed by atoms with E-state index in [0.717, 1.165) is 10.2 Å². The minimum Gasteiger partial charge on any atom is -0.185 e. The van der Waals surface area contributed by atoms with Crippen LogP contribution in [0.2, 0.25) is 0 Å². The molecule has 3 heteroatoms. The lowest BCUT2D eigenvalue weighted by Gasteiger charge is -2.00. The van der Waals surface area contributed by atoms with Crippen molar-refractivity contribution >= 4 is 27.7 Å². The third-order valence-corrected chi connectivity index (χ3v) is 2.47. The van der Waals surface area contributed by atoms with Crippen molar-refractivity contribution in [3.8, 4) is 5.40 Å². The highest BCUT2D eigenvalue weighted by Gasteiger charge is 1.96. The molecule has 1 aromatic rings. The molecule has 0 radical (unpaired) electrons. The van der Waals surface area contributed by atoms with Crippen molar-refractivity contribution < 1.29 is 0 Å². The summed E-state index contributed by atoms with van der Waals surface area (Å²) in [5, 5.41) is 10.4. The third kappa shape index (κ3) is 2.88. The number of thiocyanates is 1. The molecule has 0 fully saturated rings. The van der Waals surface area contributed by atoms with Crippen LogP contribution in [-0.4, -0.2) is 0 Å². The zero-order valence-corrected chi connectivity index (χ0v) is 9.08. The molecule has 0 aliphatic carbocycles. The molecule has 0 atom stereocenters. The number of halogens is 1. The van der Waals surface area contributed by atoms with E-state index < -0.39 is 0 Å². The number of nitriles is 1. The quantitative estimate of drug-likeness (QED) is 0.741. The second-order valence-electron chi connectivity index (χ2n) is 2.52. The van der Waals surface area contributed by atoms with Gasteiger partial charge in [0.1, 0.15) is 5.40 Å². The van der Waals surface area contributed by atoms with Crippen molar-refractivity contribution in [1.82, 2.24) is 0 Å². The molecule has 0 saturated carbocycles. The normalized spacial score (nSPS) is 9.42. The molecule has 0 unspecified atom stereocenters.